The zero-order valence-corrected chi connectivity index (χ0v) is 14.9. The van der Waals surface area contributed by atoms with Crippen LogP contribution in [0.3, 0.4) is 0 Å². The molecule has 0 aliphatic carbocycles. The summed E-state index contributed by atoms with van der Waals surface area (Å²) in [6.07, 6.45) is 3.59. The van der Waals surface area contributed by atoms with Crippen LogP contribution in [0.25, 0.3) is 5.65 Å². The third-order valence-corrected chi connectivity index (χ3v) is 3.67. The molecule has 2 aromatic heterocycles. The maximum atomic E-state index is 5.48. The minimum atomic E-state index is 0.661. The van der Waals surface area contributed by atoms with Crippen molar-refractivity contribution in [3.8, 4) is 5.75 Å². The van der Waals surface area contributed by atoms with E-state index in [0.29, 0.717) is 6.61 Å². The van der Waals surface area contributed by atoms with Crippen LogP contribution in [0.5, 0.6) is 5.75 Å². The summed E-state index contributed by atoms with van der Waals surface area (Å²) in [6, 6.07) is 9.86. The van der Waals surface area contributed by atoms with Crippen molar-refractivity contribution in [1.82, 2.24) is 19.5 Å². The lowest BCUT2D eigenvalue weighted by molar-refractivity contribution is 0.340. The van der Waals surface area contributed by atoms with Crippen molar-refractivity contribution in [1.29, 1.82) is 0 Å². The van der Waals surface area contributed by atoms with Crippen LogP contribution in [0.2, 0.25) is 0 Å². The monoisotopic (exact) mass is 340 g/mol. The fourth-order valence-corrected chi connectivity index (χ4v) is 2.46. The molecule has 3 rings (SSSR count). The third kappa shape index (κ3) is 4.39. The lowest BCUT2D eigenvalue weighted by Gasteiger charge is -2.13. The maximum Gasteiger partial charge on any atom is 0.177 e. The third-order valence-electron chi connectivity index (χ3n) is 3.67. The van der Waals surface area contributed by atoms with E-state index in [1.807, 2.05) is 57.5 Å². The number of ether oxygens (including phenoxy) is 1. The molecule has 0 aliphatic heterocycles. The number of imidazole rings is 1. The van der Waals surface area contributed by atoms with E-state index in [2.05, 4.69) is 25.6 Å². The van der Waals surface area contributed by atoms with E-state index in [0.717, 1.165) is 41.7 Å². The lowest BCUT2D eigenvalue weighted by Crippen LogP contribution is -2.21. The van der Waals surface area contributed by atoms with Crippen LogP contribution in [0.15, 0.2) is 42.7 Å². The zero-order valence-electron chi connectivity index (χ0n) is 14.9. The molecule has 0 amide bonds. The molecule has 1 aromatic carbocycles. The fourth-order valence-electron chi connectivity index (χ4n) is 2.46. The van der Waals surface area contributed by atoms with Crippen LogP contribution in [-0.2, 0) is 0 Å². The number of aromatic nitrogens is 3. The molecule has 0 saturated heterocycles. The fraction of sp³-hybridized carbons (Fsp3) is 0.333. The topological polar surface area (TPSA) is 66.7 Å². The Kier molecular flexibility index (Phi) is 5.35. The van der Waals surface area contributed by atoms with Gasteiger partial charge in [0.05, 0.1) is 12.3 Å². The highest BCUT2D eigenvalue weighted by atomic mass is 16.5. The molecule has 25 heavy (non-hydrogen) atoms. The molecule has 132 valence electrons. The summed E-state index contributed by atoms with van der Waals surface area (Å²) in [5.74, 6) is 1.67. The first kappa shape index (κ1) is 17.0. The number of anilines is 3. The predicted octanol–water partition coefficient (Wildman–Crippen LogP) is 2.85. The Hall–Kier alpha value is -2.80. The van der Waals surface area contributed by atoms with Crippen molar-refractivity contribution in [2.45, 2.75) is 6.92 Å². The summed E-state index contributed by atoms with van der Waals surface area (Å²) in [6.45, 7) is 4.39. The molecular weight excluding hydrogens is 316 g/mol. The van der Waals surface area contributed by atoms with Crippen molar-refractivity contribution in [3.63, 3.8) is 0 Å². The average molecular weight is 340 g/mol. The first-order valence-corrected chi connectivity index (χ1v) is 8.38. The zero-order chi connectivity index (χ0) is 17.6. The van der Waals surface area contributed by atoms with Gasteiger partial charge in [0.1, 0.15) is 11.6 Å². The molecular formula is C18H24N6O. The van der Waals surface area contributed by atoms with Gasteiger partial charge in [0.2, 0.25) is 0 Å². The van der Waals surface area contributed by atoms with Gasteiger partial charge in [-0.3, -0.25) is 0 Å². The second-order valence-corrected chi connectivity index (χ2v) is 5.95. The van der Waals surface area contributed by atoms with Gasteiger partial charge in [-0.1, -0.05) is 0 Å². The lowest BCUT2D eigenvalue weighted by atomic mass is 10.3. The van der Waals surface area contributed by atoms with E-state index in [9.17, 15) is 0 Å². The van der Waals surface area contributed by atoms with Crippen LogP contribution in [0.1, 0.15) is 6.92 Å². The van der Waals surface area contributed by atoms with E-state index in [1.165, 1.54) is 0 Å². The molecule has 3 aromatic rings. The van der Waals surface area contributed by atoms with E-state index < -0.39 is 0 Å². The number of nitrogens with zero attached hydrogens (tertiary/aromatic N) is 4. The summed E-state index contributed by atoms with van der Waals surface area (Å²) in [5, 5.41) is 11.3. The summed E-state index contributed by atoms with van der Waals surface area (Å²) in [7, 11) is 4.10. The Balaban J connectivity index is 1.80. The molecule has 7 nitrogen and oxygen atoms in total. The van der Waals surface area contributed by atoms with E-state index >= 15 is 0 Å². The number of fused-ring (bicyclic) bond motifs is 1. The largest absolute Gasteiger partial charge is 0.494 e. The smallest absolute Gasteiger partial charge is 0.177 e. The van der Waals surface area contributed by atoms with Crippen molar-refractivity contribution in [2.24, 2.45) is 0 Å². The van der Waals surface area contributed by atoms with Gasteiger partial charge in [0, 0.05) is 37.2 Å². The molecule has 0 aliphatic rings. The quantitative estimate of drug-likeness (QED) is 0.657. The minimum Gasteiger partial charge on any atom is -0.494 e. The normalized spacial score (nSPS) is 11.0. The highest BCUT2D eigenvalue weighted by Crippen LogP contribution is 2.24. The summed E-state index contributed by atoms with van der Waals surface area (Å²) >= 11 is 0. The van der Waals surface area contributed by atoms with Gasteiger partial charge in [-0.25, -0.2) is 9.50 Å². The number of hydrogen-bond donors (Lipinski definition) is 2. The predicted molar refractivity (Wildman–Crippen MR) is 101 cm³/mol. The number of benzene rings is 1. The minimum absolute atomic E-state index is 0.661. The van der Waals surface area contributed by atoms with Gasteiger partial charge in [-0.05, 0) is 45.3 Å². The van der Waals surface area contributed by atoms with Crippen LogP contribution < -0.4 is 15.4 Å². The molecule has 2 N–H and O–H groups in total. The molecule has 0 radical (unpaired) electrons. The standard InChI is InChI=1S/C18H24N6O/c1-4-25-15-7-5-14(6-8-15)21-16-13-17(19-9-11-23(2)3)22-24-12-10-20-18(16)24/h5-8,10,12-13,21H,4,9,11H2,1-3H3,(H,19,22). The van der Waals surface area contributed by atoms with Crippen LogP contribution in [0.4, 0.5) is 17.2 Å². The van der Waals surface area contributed by atoms with Crippen molar-refractivity contribution in [3.05, 3.63) is 42.7 Å². The molecule has 0 bridgehead atoms. The summed E-state index contributed by atoms with van der Waals surface area (Å²) < 4.78 is 7.26. The average Bonchev–Trinajstić information content (AvgIpc) is 3.05. The van der Waals surface area contributed by atoms with Gasteiger partial charge >= 0.3 is 0 Å². The first-order chi connectivity index (χ1) is 12.2. The van der Waals surface area contributed by atoms with Gasteiger partial charge in [-0.2, -0.15) is 0 Å². The maximum absolute atomic E-state index is 5.48. The number of hydrogen-bond acceptors (Lipinski definition) is 6. The molecule has 0 fully saturated rings. The molecule has 7 heteroatoms. The number of nitrogens with one attached hydrogen (secondary N) is 2. The van der Waals surface area contributed by atoms with Gasteiger partial charge in [-0.15, -0.1) is 5.10 Å². The van der Waals surface area contributed by atoms with Crippen LogP contribution >= 0.6 is 0 Å². The van der Waals surface area contributed by atoms with E-state index in [1.54, 1.807) is 10.7 Å². The highest BCUT2D eigenvalue weighted by Gasteiger charge is 2.08. The van der Waals surface area contributed by atoms with E-state index in [4.69, 9.17) is 4.74 Å². The Morgan fingerprint density at radius 1 is 1.20 bits per heavy atom. The Bertz CT molecular complexity index is 812. The Morgan fingerprint density at radius 2 is 2.00 bits per heavy atom. The first-order valence-electron chi connectivity index (χ1n) is 8.38. The van der Waals surface area contributed by atoms with Crippen LogP contribution in [0, 0.1) is 0 Å². The molecule has 2 heterocycles. The van der Waals surface area contributed by atoms with Crippen molar-refractivity contribution < 1.29 is 4.74 Å². The molecule has 0 saturated carbocycles. The Labute approximate surface area is 147 Å². The second-order valence-electron chi connectivity index (χ2n) is 5.95. The Morgan fingerprint density at radius 3 is 2.72 bits per heavy atom. The van der Waals surface area contributed by atoms with Crippen molar-refractivity contribution >= 4 is 22.8 Å². The second kappa shape index (κ2) is 7.85. The van der Waals surface area contributed by atoms with Gasteiger partial charge < -0.3 is 20.3 Å². The highest BCUT2D eigenvalue weighted by molar-refractivity contribution is 5.75. The molecule has 0 spiro atoms. The molecule has 0 atom stereocenters. The van der Waals surface area contributed by atoms with E-state index in [-0.39, 0.29) is 0 Å². The SMILES string of the molecule is CCOc1ccc(Nc2cc(NCCN(C)C)nn3ccnc23)cc1. The van der Waals surface area contributed by atoms with Crippen molar-refractivity contribution in [2.75, 3.05) is 44.4 Å². The summed E-state index contributed by atoms with van der Waals surface area (Å²) in [5.41, 5.74) is 2.65. The number of likely N-dealkylation sites (N-methyl/N-ethyl adjacent to an activating group) is 1. The summed E-state index contributed by atoms with van der Waals surface area (Å²) in [4.78, 5) is 6.52. The van der Waals surface area contributed by atoms with Gasteiger partial charge in [0.15, 0.2) is 5.65 Å². The van der Waals surface area contributed by atoms with Gasteiger partial charge in [0.25, 0.3) is 0 Å². The van der Waals surface area contributed by atoms with Crippen LogP contribution in [-0.4, -0.2) is 53.3 Å². The molecule has 0 unspecified atom stereocenters. The number of rotatable bonds is 8.